The number of carbonyl (C=O) groups is 6. The molecule has 62 heavy (non-hydrogen) atoms. The molecule has 0 saturated carbocycles. The summed E-state index contributed by atoms with van der Waals surface area (Å²) in [6.07, 6.45) is 6.02. The molecule has 0 bridgehead atoms. The van der Waals surface area contributed by atoms with Crippen molar-refractivity contribution in [3.63, 3.8) is 0 Å². The number of hydrogen-bond donors (Lipinski definition) is 3. The number of H-pyrrole nitrogens is 1. The van der Waals surface area contributed by atoms with Crippen LogP contribution in [0.4, 0.5) is 11.5 Å². The molecule has 3 fully saturated rings. The van der Waals surface area contributed by atoms with Gasteiger partial charge in [0.05, 0.1) is 27.1 Å². The molecule has 6 heterocycles. The number of aromatic amines is 1. The van der Waals surface area contributed by atoms with Gasteiger partial charge >= 0.3 is 0 Å². The van der Waals surface area contributed by atoms with Gasteiger partial charge < -0.3 is 24.8 Å². The average Bonchev–Trinajstić information content (AvgIpc) is 3.82. The topological polar surface area (TPSA) is 190 Å². The fourth-order valence-electron chi connectivity index (χ4n) is 8.78. The molecule has 5 amide bonds. The van der Waals surface area contributed by atoms with E-state index in [0.29, 0.717) is 78.5 Å². The van der Waals surface area contributed by atoms with E-state index in [1.165, 1.54) is 6.33 Å². The standard InChI is InChI=1S/C45H44ClN9O7/c46-35-23-30(62-29-7-2-1-3-8-29)11-13-32(35)40(58)34-24-47-41-39(34)42(49-26-48-41)50-27-6-4-17-54(25-27)38(57)9-5-16-52-18-20-53(21-19-52)28-10-12-31-33(22-28)45(61)55(44(31)60)36-14-15-37(56)51-43(36)59/h1-3,7-8,10-13,22-24,26-27,36H,4-6,9,14-21,25H2,(H,51,56,59)(H2,47,48,49,50)/t27-,36?/m1/s1. The minimum Gasteiger partial charge on any atom is -0.457 e. The van der Waals surface area contributed by atoms with Gasteiger partial charge in [0.2, 0.25) is 17.7 Å². The predicted molar refractivity (Wildman–Crippen MR) is 230 cm³/mol. The Kier molecular flexibility index (Phi) is 11.4. The van der Waals surface area contributed by atoms with Crippen LogP contribution < -0.4 is 20.3 Å². The van der Waals surface area contributed by atoms with Gasteiger partial charge in [-0.05, 0) is 74.7 Å². The van der Waals surface area contributed by atoms with Crippen LogP contribution in [0.2, 0.25) is 5.02 Å². The zero-order valence-electron chi connectivity index (χ0n) is 33.8. The summed E-state index contributed by atoms with van der Waals surface area (Å²) in [5.41, 5.74) is 2.55. The van der Waals surface area contributed by atoms with Crippen LogP contribution in [-0.4, -0.2) is 123 Å². The van der Waals surface area contributed by atoms with Crippen molar-refractivity contribution in [2.45, 2.75) is 50.6 Å². The van der Waals surface area contributed by atoms with Gasteiger partial charge in [-0.1, -0.05) is 29.8 Å². The van der Waals surface area contributed by atoms with Crippen molar-refractivity contribution in [2.24, 2.45) is 0 Å². The fraction of sp³-hybridized carbons (Fsp3) is 0.333. The monoisotopic (exact) mass is 857 g/mol. The van der Waals surface area contributed by atoms with E-state index in [9.17, 15) is 28.8 Å². The van der Waals surface area contributed by atoms with Gasteiger partial charge in [0.1, 0.15) is 35.3 Å². The van der Waals surface area contributed by atoms with E-state index in [4.69, 9.17) is 16.3 Å². The van der Waals surface area contributed by atoms with Crippen molar-refractivity contribution in [3.05, 3.63) is 107 Å². The summed E-state index contributed by atoms with van der Waals surface area (Å²) in [5.74, 6) is -0.604. The number of rotatable bonds is 12. The summed E-state index contributed by atoms with van der Waals surface area (Å²) in [5, 5.41) is 6.54. The highest BCUT2D eigenvalue weighted by atomic mass is 35.5. The summed E-state index contributed by atoms with van der Waals surface area (Å²) in [6.45, 7) is 4.90. The molecule has 2 aromatic heterocycles. The second-order valence-electron chi connectivity index (χ2n) is 16.0. The first-order valence-corrected chi connectivity index (χ1v) is 21.3. The minimum atomic E-state index is -1.00. The lowest BCUT2D eigenvalue weighted by molar-refractivity contribution is -0.136. The number of halogens is 1. The summed E-state index contributed by atoms with van der Waals surface area (Å²) in [4.78, 5) is 97.3. The van der Waals surface area contributed by atoms with Gasteiger partial charge in [-0.25, -0.2) is 9.97 Å². The van der Waals surface area contributed by atoms with Crippen molar-refractivity contribution >= 4 is 69.5 Å². The van der Waals surface area contributed by atoms with Crippen molar-refractivity contribution in [2.75, 3.05) is 56.0 Å². The first kappa shape index (κ1) is 40.7. The minimum absolute atomic E-state index is 0.0697. The zero-order chi connectivity index (χ0) is 42.9. The maximum Gasteiger partial charge on any atom is 0.262 e. The van der Waals surface area contributed by atoms with Crippen LogP contribution in [0.5, 0.6) is 11.5 Å². The number of hydrogen-bond acceptors (Lipinski definition) is 12. The van der Waals surface area contributed by atoms with Gasteiger partial charge in [-0.15, -0.1) is 0 Å². The van der Waals surface area contributed by atoms with Crippen LogP contribution in [0.25, 0.3) is 11.0 Å². The highest BCUT2D eigenvalue weighted by molar-refractivity contribution is 6.36. The van der Waals surface area contributed by atoms with E-state index >= 15 is 0 Å². The third kappa shape index (κ3) is 8.22. The Morgan fingerprint density at radius 3 is 2.45 bits per heavy atom. The Balaban J connectivity index is 0.761. The molecular formula is C45H44ClN9O7. The molecule has 1 unspecified atom stereocenters. The molecule has 3 aromatic carbocycles. The molecule has 2 atom stereocenters. The van der Waals surface area contributed by atoms with Crippen LogP contribution in [0, 0.1) is 0 Å². The normalized spacial score (nSPS) is 19.5. The molecule has 9 rings (SSSR count). The Morgan fingerprint density at radius 2 is 1.66 bits per heavy atom. The number of imide groups is 2. The third-order valence-electron chi connectivity index (χ3n) is 12.0. The van der Waals surface area contributed by atoms with Gasteiger partial charge in [0.25, 0.3) is 11.8 Å². The number of nitrogens with one attached hydrogen (secondary N) is 3. The van der Waals surface area contributed by atoms with Gasteiger partial charge in [0, 0.05) is 81.7 Å². The second kappa shape index (κ2) is 17.4. The molecule has 0 aliphatic carbocycles. The maximum absolute atomic E-state index is 13.9. The van der Waals surface area contributed by atoms with Crippen LogP contribution >= 0.6 is 11.6 Å². The predicted octanol–water partition coefficient (Wildman–Crippen LogP) is 5.04. The molecule has 17 heteroatoms. The fourth-order valence-corrected chi connectivity index (χ4v) is 9.03. The third-order valence-corrected chi connectivity index (χ3v) is 12.3. The van der Waals surface area contributed by atoms with E-state index in [-0.39, 0.29) is 46.7 Å². The van der Waals surface area contributed by atoms with Crippen molar-refractivity contribution in [1.82, 2.24) is 35.0 Å². The van der Waals surface area contributed by atoms with Crippen LogP contribution in [-0.2, 0) is 14.4 Å². The van der Waals surface area contributed by atoms with E-state index in [1.54, 1.807) is 36.5 Å². The summed E-state index contributed by atoms with van der Waals surface area (Å²) < 4.78 is 5.89. The van der Waals surface area contributed by atoms with E-state index in [0.717, 1.165) is 43.1 Å². The smallest absolute Gasteiger partial charge is 0.262 e. The average molecular weight is 858 g/mol. The molecule has 5 aromatic rings. The number of aromatic nitrogens is 3. The molecule has 3 saturated heterocycles. The van der Waals surface area contributed by atoms with Gasteiger partial charge in [-0.2, -0.15) is 0 Å². The van der Waals surface area contributed by atoms with Gasteiger partial charge in [-0.3, -0.25) is 43.9 Å². The molecule has 4 aliphatic heterocycles. The lowest BCUT2D eigenvalue weighted by atomic mass is 10.0. The molecule has 3 N–H and O–H groups in total. The number of benzene rings is 3. The number of ether oxygens (including phenoxy) is 1. The second-order valence-corrected chi connectivity index (χ2v) is 16.4. The highest BCUT2D eigenvalue weighted by Crippen LogP contribution is 2.33. The molecular weight excluding hydrogens is 814 g/mol. The number of piperidine rings is 2. The van der Waals surface area contributed by atoms with E-state index in [1.807, 2.05) is 41.3 Å². The summed E-state index contributed by atoms with van der Waals surface area (Å²) in [7, 11) is 0. The highest BCUT2D eigenvalue weighted by Gasteiger charge is 2.45. The number of carbonyl (C=O) groups excluding carboxylic acids is 6. The van der Waals surface area contributed by atoms with E-state index in [2.05, 4.69) is 35.4 Å². The quantitative estimate of drug-likeness (QED) is 0.112. The first-order valence-electron chi connectivity index (χ1n) is 20.9. The lowest BCUT2D eigenvalue weighted by Crippen LogP contribution is -2.54. The number of nitrogens with zero attached hydrogens (tertiary/aromatic N) is 6. The number of fused-ring (bicyclic) bond motifs is 2. The lowest BCUT2D eigenvalue weighted by Gasteiger charge is -2.36. The van der Waals surface area contributed by atoms with Gasteiger partial charge in [0.15, 0.2) is 5.78 Å². The molecule has 16 nitrogen and oxygen atoms in total. The summed E-state index contributed by atoms with van der Waals surface area (Å²) >= 11 is 6.63. The molecule has 4 aliphatic rings. The Hall–Kier alpha value is -6.65. The number of piperazine rings is 1. The zero-order valence-corrected chi connectivity index (χ0v) is 34.5. The maximum atomic E-state index is 13.9. The van der Waals surface area contributed by atoms with Crippen LogP contribution in [0.3, 0.4) is 0 Å². The molecule has 318 valence electrons. The van der Waals surface area contributed by atoms with Crippen LogP contribution in [0.15, 0.2) is 79.3 Å². The molecule has 0 spiro atoms. The number of anilines is 2. The SMILES string of the molecule is O=C1CCC(N2C(=O)c3ccc(N4CCN(CCCC(=O)N5CCC[C@@H](Nc6ncnc7[nH]cc(C(=O)c8ccc(Oc9ccccc9)cc8Cl)c67)C5)CC4)cc3C2=O)C(=O)N1. The molecule has 0 radical (unpaired) electrons. The number of ketones is 1. The van der Waals surface area contributed by atoms with E-state index < -0.39 is 29.7 Å². The summed E-state index contributed by atoms with van der Waals surface area (Å²) in [6, 6.07) is 18.4. The number of likely N-dealkylation sites (tertiary alicyclic amines) is 1. The number of para-hydroxylation sites is 1. The first-order chi connectivity index (χ1) is 30.1. The number of amides is 5. The van der Waals surface area contributed by atoms with Crippen LogP contribution in [0.1, 0.15) is 75.2 Å². The Morgan fingerprint density at radius 1 is 0.855 bits per heavy atom. The van der Waals surface area contributed by atoms with Crippen molar-refractivity contribution in [3.8, 4) is 11.5 Å². The Labute approximate surface area is 361 Å². The Bertz CT molecular complexity index is 2590. The largest absolute Gasteiger partial charge is 0.457 e. The van der Waals surface area contributed by atoms with Crippen molar-refractivity contribution < 1.29 is 33.5 Å². The van der Waals surface area contributed by atoms with Crippen molar-refractivity contribution in [1.29, 1.82) is 0 Å².